The second-order valence-corrected chi connectivity index (χ2v) is 10.1. The summed E-state index contributed by atoms with van der Waals surface area (Å²) in [7, 11) is 0. The van der Waals surface area contributed by atoms with E-state index in [-0.39, 0.29) is 11.7 Å². The Balaban J connectivity index is 1.20. The molecule has 4 aromatic rings. The fraction of sp³-hybridized carbons (Fsp3) is 0.185. The minimum Gasteiger partial charge on any atom is -0.455 e. The number of nitrogens with one attached hydrogen (secondary N) is 2. The number of fused-ring (bicyclic) bond motifs is 2. The number of hydrogen-bond acceptors (Lipinski definition) is 7. The Labute approximate surface area is 217 Å². The number of H-pyrrole nitrogens is 1. The van der Waals surface area contributed by atoms with Gasteiger partial charge in [0.25, 0.3) is 0 Å². The summed E-state index contributed by atoms with van der Waals surface area (Å²) in [4.78, 5) is 22.8. The van der Waals surface area contributed by atoms with Gasteiger partial charge in [0.1, 0.15) is 22.8 Å². The van der Waals surface area contributed by atoms with Gasteiger partial charge < -0.3 is 24.7 Å². The lowest BCUT2D eigenvalue weighted by Gasteiger charge is -2.35. The Hall–Kier alpha value is -3.46. The van der Waals surface area contributed by atoms with Crippen molar-refractivity contribution >= 4 is 34.7 Å². The Bertz CT molecular complexity index is 1480. The predicted molar refractivity (Wildman–Crippen MR) is 142 cm³/mol. The maximum Gasteiger partial charge on any atom is 0.249 e. The van der Waals surface area contributed by atoms with Crippen LogP contribution < -0.4 is 20.5 Å². The normalized spacial score (nSPS) is 16.6. The molecule has 9 heteroatoms. The zero-order valence-corrected chi connectivity index (χ0v) is 20.8. The fourth-order valence-corrected chi connectivity index (χ4v) is 5.67. The quantitative estimate of drug-likeness (QED) is 0.282. The predicted octanol–water partition coefficient (Wildman–Crippen LogP) is 5.87. The molecule has 2 aromatic carbocycles. The van der Waals surface area contributed by atoms with Crippen LogP contribution in [0.4, 0.5) is 11.4 Å². The van der Waals surface area contributed by atoms with Gasteiger partial charge in [-0.3, -0.25) is 4.79 Å². The van der Waals surface area contributed by atoms with Gasteiger partial charge in [-0.1, -0.05) is 35.5 Å². The van der Waals surface area contributed by atoms with E-state index in [0.29, 0.717) is 24.8 Å². The van der Waals surface area contributed by atoms with E-state index in [0.717, 1.165) is 50.3 Å². The number of rotatable bonds is 5. The van der Waals surface area contributed by atoms with Crippen LogP contribution in [0, 0.1) is 0 Å². The zero-order chi connectivity index (χ0) is 24.5. The number of anilines is 2. The molecule has 7 nitrogen and oxygen atoms in total. The summed E-state index contributed by atoms with van der Waals surface area (Å²) < 4.78 is 12.6. The van der Waals surface area contributed by atoms with Gasteiger partial charge in [-0.15, -0.1) is 0 Å². The number of nitrogens with zero attached hydrogens (tertiary/aromatic N) is 2. The first kappa shape index (κ1) is 23.0. The van der Waals surface area contributed by atoms with Gasteiger partial charge in [0.2, 0.25) is 5.56 Å². The van der Waals surface area contributed by atoms with Gasteiger partial charge in [0.05, 0.1) is 16.4 Å². The Morgan fingerprint density at radius 2 is 2.08 bits per heavy atom. The molecule has 0 amide bonds. The van der Waals surface area contributed by atoms with Crippen molar-refractivity contribution in [2.24, 2.45) is 0 Å². The van der Waals surface area contributed by atoms with E-state index >= 15 is 0 Å². The fourth-order valence-electron chi connectivity index (χ4n) is 4.45. The van der Waals surface area contributed by atoms with Crippen LogP contribution in [-0.4, -0.2) is 29.7 Å². The summed E-state index contributed by atoms with van der Waals surface area (Å²) in [6.07, 6.45) is 3.22. The van der Waals surface area contributed by atoms with Crippen molar-refractivity contribution in [3.63, 3.8) is 0 Å². The molecule has 4 heterocycles. The SMILES string of the molecule is O=c1cc(N2CCOC(c3cccc4c3Oc3ccc(NCc5ccnc(Cl)c5)cc3S4)C2)cc[nH]1. The molecule has 6 rings (SSSR count). The van der Waals surface area contributed by atoms with Crippen LogP contribution in [0.25, 0.3) is 0 Å². The maximum absolute atomic E-state index is 11.8. The molecule has 2 aromatic heterocycles. The third-order valence-electron chi connectivity index (χ3n) is 6.21. The van der Waals surface area contributed by atoms with Gasteiger partial charge in [-0.05, 0) is 48.0 Å². The monoisotopic (exact) mass is 518 g/mol. The molecule has 0 spiro atoms. The molecule has 0 saturated carbocycles. The second kappa shape index (κ2) is 9.89. The summed E-state index contributed by atoms with van der Waals surface area (Å²) in [6, 6.07) is 19.6. The molecule has 1 atom stereocenters. The number of pyridine rings is 2. The summed E-state index contributed by atoms with van der Waals surface area (Å²) in [5.74, 6) is 1.65. The molecule has 1 fully saturated rings. The summed E-state index contributed by atoms with van der Waals surface area (Å²) in [5, 5.41) is 3.93. The molecule has 1 unspecified atom stereocenters. The summed E-state index contributed by atoms with van der Waals surface area (Å²) in [5.41, 5.74) is 3.86. The van der Waals surface area contributed by atoms with E-state index in [1.807, 2.05) is 36.4 Å². The lowest BCUT2D eigenvalue weighted by Crippen LogP contribution is -2.39. The first-order valence-electron chi connectivity index (χ1n) is 11.6. The van der Waals surface area contributed by atoms with Gasteiger partial charge in [0, 0.05) is 55.0 Å². The van der Waals surface area contributed by atoms with E-state index in [1.165, 1.54) is 0 Å². The summed E-state index contributed by atoms with van der Waals surface area (Å²) in [6.45, 7) is 2.59. The van der Waals surface area contributed by atoms with Gasteiger partial charge in [-0.2, -0.15) is 0 Å². The van der Waals surface area contributed by atoms with E-state index in [9.17, 15) is 4.79 Å². The number of benzene rings is 2. The highest BCUT2D eigenvalue weighted by atomic mass is 35.5. The number of morpholine rings is 1. The van der Waals surface area contributed by atoms with E-state index in [4.69, 9.17) is 21.1 Å². The number of hydrogen-bond donors (Lipinski definition) is 2. The minimum atomic E-state index is -0.164. The number of ether oxygens (including phenoxy) is 2. The largest absolute Gasteiger partial charge is 0.455 e. The Kier molecular flexibility index (Phi) is 6.31. The number of halogens is 1. The third kappa shape index (κ3) is 4.80. The van der Waals surface area contributed by atoms with Crippen molar-refractivity contribution in [2.75, 3.05) is 29.9 Å². The van der Waals surface area contributed by atoms with Crippen molar-refractivity contribution in [1.82, 2.24) is 9.97 Å². The first-order chi connectivity index (χ1) is 17.6. The van der Waals surface area contributed by atoms with Crippen LogP contribution in [0.15, 0.2) is 87.6 Å². The van der Waals surface area contributed by atoms with E-state index in [1.54, 1.807) is 30.2 Å². The van der Waals surface area contributed by atoms with Gasteiger partial charge in [-0.25, -0.2) is 4.98 Å². The topological polar surface area (TPSA) is 79.5 Å². The van der Waals surface area contributed by atoms with Crippen LogP contribution in [0.2, 0.25) is 5.15 Å². The van der Waals surface area contributed by atoms with Crippen LogP contribution >= 0.6 is 23.4 Å². The molecule has 182 valence electrons. The molecule has 1 saturated heterocycles. The maximum atomic E-state index is 11.8. The van der Waals surface area contributed by atoms with Crippen molar-refractivity contribution < 1.29 is 9.47 Å². The van der Waals surface area contributed by atoms with Crippen molar-refractivity contribution in [2.45, 2.75) is 22.4 Å². The van der Waals surface area contributed by atoms with Crippen molar-refractivity contribution in [3.8, 4) is 11.5 Å². The number of aromatic nitrogens is 2. The van der Waals surface area contributed by atoms with E-state index < -0.39 is 0 Å². The smallest absolute Gasteiger partial charge is 0.249 e. The molecule has 2 aliphatic rings. The number of para-hydroxylation sites is 1. The highest BCUT2D eigenvalue weighted by molar-refractivity contribution is 7.99. The van der Waals surface area contributed by atoms with Crippen LogP contribution in [0.3, 0.4) is 0 Å². The molecule has 2 N–H and O–H groups in total. The van der Waals surface area contributed by atoms with Crippen LogP contribution in [0.5, 0.6) is 11.5 Å². The molecule has 0 bridgehead atoms. The average molecular weight is 519 g/mol. The molecular formula is C27H23ClN4O3S. The highest BCUT2D eigenvalue weighted by Crippen LogP contribution is 2.50. The summed E-state index contributed by atoms with van der Waals surface area (Å²) >= 11 is 7.69. The van der Waals surface area contributed by atoms with E-state index in [2.05, 4.69) is 38.4 Å². The van der Waals surface area contributed by atoms with Crippen molar-refractivity contribution in [1.29, 1.82) is 0 Å². The minimum absolute atomic E-state index is 0.109. The highest BCUT2D eigenvalue weighted by Gasteiger charge is 2.29. The van der Waals surface area contributed by atoms with Gasteiger partial charge in [0.15, 0.2) is 0 Å². The molecule has 36 heavy (non-hydrogen) atoms. The van der Waals surface area contributed by atoms with Crippen LogP contribution in [0.1, 0.15) is 17.2 Å². The van der Waals surface area contributed by atoms with Crippen molar-refractivity contribution in [3.05, 3.63) is 99.7 Å². The Morgan fingerprint density at radius 1 is 1.14 bits per heavy atom. The Morgan fingerprint density at radius 3 is 2.97 bits per heavy atom. The number of aromatic amines is 1. The van der Waals surface area contributed by atoms with Crippen LogP contribution in [-0.2, 0) is 11.3 Å². The standard InChI is InChI=1S/C27H23ClN4O3S/c28-25-12-17(6-8-29-25)15-31-18-4-5-21-24(13-18)36-23-3-1-2-20(27(23)35-21)22-16-32(10-11-34-22)19-7-9-30-26(33)14-19/h1-9,12-14,22,31H,10-11,15-16H2,(H,30,33). The molecule has 2 aliphatic heterocycles. The second-order valence-electron chi connectivity index (χ2n) is 8.60. The first-order valence-corrected chi connectivity index (χ1v) is 12.8. The molecule has 0 aliphatic carbocycles. The third-order valence-corrected chi connectivity index (χ3v) is 7.50. The zero-order valence-electron chi connectivity index (χ0n) is 19.2. The average Bonchev–Trinajstić information content (AvgIpc) is 2.90. The molecule has 0 radical (unpaired) electrons. The molecular weight excluding hydrogens is 496 g/mol. The van der Waals surface area contributed by atoms with Gasteiger partial charge >= 0.3 is 0 Å². The lowest BCUT2D eigenvalue weighted by atomic mass is 10.1. The lowest BCUT2D eigenvalue weighted by molar-refractivity contribution is 0.0383.